The zero-order chi connectivity index (χ0) is 22.5. The molecule has 0 fully saturated rings. The van der Waals surface area contributed by atoms with E-state index in [4.69, 9.17) is 10.5 Å². The largest absolute Gasteiger partial charge is 0.489 e. The van der Waals surface area contributed by atoms with Gasteiger partial charge in [-0.05, 0) is 32.0 Å². The maximum Gasteiger partial charge on any atom is 0.391 e. The molecule has 0 aliphatic carbocycles. The molecular formula is C19H19F3N6O3. The summed E-state index contributed by atoms with van der Waals surface area (Å²) in [4.78, 5) is 28.8. The zero-order valence-electron chi connectivity index (χ0n) is 16.7. The predicted molar refractivity (Wildman–Crippen MR) is 104 cm³/mol. The van der Waals surface area contributed by atoms with E-state index in [0.29, 0.717) is 12.2 Å². The molecule has 1 atom stereocenters. The Morgan fingerprint density at radius 1 is 1.32 bits per heavy atom. The average Bonchev–Trinajstić information content (AvgIpc) is 3.24. The third kappa shape index (κ3) is 3.80. The molecule has 1 aliphatic rings. The quantitative estimate of drug-likeness (QED) is 0.638. The van der Waals surface area contributed by atoms with Gasteiger partial charge in [0.05, 0.1) is 23.7 Å². The van der Waals surface area contributed by atoms with Gasteiger partial charge in [-0.15, -0.1) is 0 Å². The van der Waals surface area contributed by atoms with Crippen LogP contribution in [-0.2, 0) is 6.54 Å². The molecule has 3 heterocycles. The smallest absolute Gasteiger partial charge is 0.391 e. The Balaban J connectivity index is 1.83. The normalized spacial score (nSPS) is 15.7. The highest BCUT2D eigenvalue weighted by atomic mass is 19.4. The number of anilines is 1. The number of aryl methyl sites for hydroxylation is 2. The van der Waals surface area contributed by atoms with Crippen LogP contribution in [0.1, 0.15) is 45.9 Å². The summed E-state index contributed by atoms with van der Waals surface area (Å²) in [6.45, 7) is 3.66. The van der Waals surface area contributed by atoms with Gasteiger partial charge in [-0.2, -0.15) is 18.3 Å². The third-order valence-corrected chi connectivity index (χ3v) is 4.96. The molecular weight excluding hydrogens is 417 g/mol. The second-order valence-corrected chi connectivity index (χ2v) is 7.24. The monoisotopic (exact) mass is 436 g/mol. The number of imidazole rings is 1. The number of carbonyl (C=O) groups is 2. The van der Waals surface area contributed by atoms with Crippen molar-refractivity contribution in [2.45, 2.75) is 39.0 Å². The van der Waals surface area contributed by atoms with E-state index in [-0.39, 0.29) is 40.6 Å². The van der Waals surface area contributed by atoms with Gasteiger partial charge >= 0.3 is 6.18 Å². The Morgan fingerprint density at radius 2 is 2.06 bits per heavy atom. The molecule has 0 bridgehead atoms. The van der Waals surface area contributed by atoms with Crippen LogP contribution in [0.3, 0.4) is 0 Å². The number of nitrogens with one attached hydrogen (secondary N) is 1. The van der Waals surface area contributed by atoms with Gasteiger partial charge in [0.2, 0.25) is 11.9 Å². The number of benzene rings is 1. The number of hydrogen-bond acceptors (Lipinski definition) is 5. The fourth-order valence-corrected chi connectivity index (χ4v) is 3.70. The van der Waals surface area contributed by atoms with Crippen LogP contribution in [0.4, 0.5) is 19.1 Å². The Labute approximate surface area is 174 Å². The van der Waals surface area contributed by atoms with Crippen molar-refractivity contribution in [2.24, 2.45) is 5.73 Å². The Hall–Kier alpha value is -3.57. The van der Waals surface area contributed by atoms with Crippen LogP contribution in [0.15, 0.2) is 18.2 Å². The maximum absolute atomic E-state index is 13.2. The van der Waals surface area contributed by atoms with E-state index in [9.17, 15) is 22.8 Å². The minimum absolute atomic E-state index is 0.0815. The molecule has 2 amide bonds. The van der Waals surface area contributed by atoms with Gasteiger partial charge in [-0.25, -0.2) is 4.98 Å². The molecule has 1 aliphatic heterocycles. The van der Waals surface area contributed by atoms with E-state index >= 15 is 0 Å². The van der Waals surface area contributed by atoms with E-state index in [2.05, 4.69) is 15.4 Å². The first-order valence-electron chi connectivity index (χ1n) is 9.48. The van der Waals surface area contributed by atoms with Crippen molar-refractivity contribution < 1.29 is 27.5 Å². The van der Waals surface area contributed by atoms with Crippen LogP contribution in [-0.4, -0.2) is 43.9 Å². The van der Waals surface area contributed by atoms with Crippen molar-refractivity contribution in [2.75, 3.05) is 11.9 Å². The van der Waals surface area contributed by atoms with Gasteiger partial charge in [0.1, 0.15) is 23.6 Å². The summed E-state index contributed by atoms with van der Waals surface area (Å²) in [5, 5.41) is 6.80. The van der Waals surface area contributed by atoms with E-state index in [0.717, 1.165) is 0 Å². The van der Waals surface area contributed by atoms with Gasteiger partial charge in [-0.1, -0.05) is 0 Å². The van der Waals surface area contributed by atoms with Gasteiger partial charge in [0, 0.05) is 12.1 Å². The molecule has 12 heteroatoms. The van der Waals surface area contributed by atoms with Crippen molar-refractivity contribution in [3.63, 3.8) is 0 Å². The van der Waals surface area contributed by atoms with Crippen LogP contribution < -0.4 is 15.8 Å². The SMILES string of the molecule is CCn1nc(C)cc1C(=O)Nc1nc2cc(C(N)=O)cc3c2n1[C@@H](CC(F)(F)F)CO3. The second kappa shape index (κ2) is 7.29. The summed E-state index contributed by atoms with van der Waals surface area (Å²) in [5.41, 5.74) is 6.74. The van der Waals surface area contributed by atoms with Crippen LogP contribution in [0.2, 0.25) is 0 Å². The third-order valence-electron chi connectivity index (χ3n) is 4.96. The first-order chi connectivity index (χ1) is 14.6. The number of hydrogen-bond donors (Lipinski definition) is 2. The molecule has 0 radical (unpaired) electrons. The van der Waals surface area contributed by atoms with E-state index < -0.39 is 30.5 Å². The number of alkyl halides is 3. The Morgan fingerprint density at radius 3 is 2.71 bits per heavy atom. The van der Waals surface area contributed by atoms with Crippen molar-refractivity contribution in [3.8, 4) is 5.75 Å². The number of nitrogens with two attached hydrogens (primary N) is 1. The number of rotatable bonds is 5. The van der Waals surface area contributed by atoms with Crippen molar-refractivity contribution in [1.82, 2.24) is 19.3 Å². The molecule has 0 saturated heterocycles. The second-order valence-electron chi connectivity index (χ2n) is 7.24. The molecule has 0 saturated carbocycles. The molecule has 0 unspecified atom stereocenters. The summed E-state index contributed by atoms with van der Waals surface area (Å²) in [6.07, 6.45) is -5.64. The van der Waals surface area contributed by atoms with Crippen LogP contribution in [0.25, 0.3) is 11.0 Å². The fourth-order valence-electron chi connectivity index (χ4n) is 3.70. The minimum Gasteiger partial charge on any atom is -0.489 e. The summed E-state index contributed by atoms with van der Waals surface area (Å²) < 4.78 is 47.8. The van der Waals surface area contributed by atoms with Gasteiger partial charge in [0.15, 0.2) is 0 Å². The minimum atomic E-state index is -4.46. The predicted octanol–water partition coefficient (Wildman–Crippen LogP) is 2.80. The topological polar surface area (TPSA) is 117 Å². The summed E-state index contributed by atoms with van der Waals surface area (Å²) in [7, 11) is 0. The number of aromatic nitrogens is 4. The van der Waals surface area contributed by atoms with Crippen LogP contribution in [0, 0.1) is 6.92 Å². The Bertz CT molecular complexity index is 1200. The number of halogens is 3. The highest BCUT2D eigenvalue weighted by Crippen LogP contribution is 2.40. The summed E-state index contributed by atoms with van der Waals surface area (Å²) in [6, 6.07) is 3.14. The van der Waals surface area contributed by atoms with E-state index in [1.165, 1.54) is 21.4 Å². The summed E-state index contributed by atoms with van der Waals surface area (Å²) in [5.74, 6) is -1.21. The maximum atomic E-state index is 13.2. The number of amides is 2. The fraction of sp³-hybridized carbons (Fsp3) is 0.368. The van der Waals surface area contributed by atoms with Crippen LogP contribution in [0.5, 0.6) is 5.75 Å². The first kappa shape index (κ1) is 20.7. The van der Waals surface area contributed by atoms with Gasteiger partial charge in [-0.3, -0.25) is 24.2 Å². The molecule has 3 aromatic rings. The van der Waals surface area contributed by atoms with Crippen LogP contribution >= 0.6 is 0 Å². The van der Waals surface area contributed by atoms with Crippen molar-refractivity contribution in [1.29, 1.82) is 0 Å². The van der Waals surface area contributed by atoms with E-state index in [1.54, 1.807) is 13.0 Å². The van der Waals surface area contributed by atoms with Gasteiger partial charge in [0.25, 0.3) is 5.91 Å². The lowest BCUT2D eigenvalue weighted by atomic mass is 10.1. The highest BCUT2D eigenvalue weighted by molar-refractivity contribution is 6.04. The zero-order valence-corrected chi connectivity index (χ0v) is 16.7. The molecule has 4 rings (SSSR count). The van der Waals surface area contributed by atoms with Crippen molar-refractivity contribution in [3.05, 3.63) is 35.2 Å². The Kier molecular flexibility index (Phi) is 4.86. The number of carbonyl (C=O) groups excluding carboxylic acids is 2. The van der Waals surface area contributed by atoms with E-state index in [1.807, 2.05) is 6.92 Å². The number of ether oxygens (including phenoxy) is 1. The highest BCUT2D eigenvalue weighted by Gasteiger charge is 2.38. The molecule has 164 valence electrons. The lowest BCUT2D eigenvalue weighted by molar-refractivity contribution is -0.144. The molecule has 2 aromatic heterocycles. The molecule has 3 N–H and O–H groups in total. The van der Waals surface area contributed by atoms with Crippen molar-refractivity contribution >= 4 is 28.8 Å². The molecule has 1 aromatic carbocycles. The molecule has 31 heavy (non-hydrogen) atoms. The first-order valence-corrected chi connectivity index (χ1v) is 9.48. The van der Waals surface area contributed by atoms with Gasteiger partial charge < -0.3 is 10.5 Å². The molecule has 0 spiro atoms. The lowest BCUT2D eigenvalue weighted by Crippen LogP contribution is -2.29. The lowest BCUT2D eigenvalue weighted by Gasteiger charge is -2.28. The standard InChI is InChI=1S/C19H19F3N6O3/c1-3-27-13(4-9(2)26-27)17(30)25-18-24-12-5-10(16(23)29)6-14-15(12)28(18)11(8-31-14)7-19(20,21)22/h4-6,11H,3,7-8H2,1-2H3,(H2,23,29)(H,24,25,30)/t11-/m0/s1. The number of nitrogens with zero attached hydrogens (tertiary/aromatic N) is 4. The molecule has 9 nitrogen and oxygen atoms in total. The number of primary amides is 1. The summed E-state index contributed by atoms with van der Waals surface area (Å²) >= 11 is 0. The average molecular weight is 436 g/mol.